The molecule has 216 valence electrons. The van der Waals surface area contributed by atoms with Gasteiger partial charge in [0.25, 0.3) is 0 Å². The van der Waals surface area contributed by atoms with Crippen molar-refractivity contribution >= 4 is 28.7 Å². The first kappa shape index (κ1) is 27.3. The van der Waals surface area contributed by atoms with Gasteiger partial charge in [0.1, 0.15) is 24.3 Å². The summed E-state index contributed by atoms with van der Waals surface area (Å²) in [5.41, 5.74) is 10.9. The Morgan fingerprint density at radius 2 is 1.86 bits per heavy atom. The Morgan fingerprint density at radius 3 is 2.57 bits per heavy atom. The van der Waals surface area contributed by atoms with Crippen molar-refractivity contribution in [3.05, 3.63) is 78.5 Å². The molecule has 2 amide bonds. The number of oxazole rings is 1. The summed E-state index contributed by atoms with van der Waals surface area (Å²) in [4.78, 5) is 25.7. The molecule has 0 saturated carbocycles. The molecule has 1 aliphatic heterocycles. The monoisotopic (exact) mass is 573 g/mol. The standard InChI is InChI=1S/C29H29F2N9O2/c1-38-8-10-39(11-9-38)15-23-26(24-14-33-17-42-24)25(27-28(32)34-16-35-40(23)27)19-3-5-20(6-4-19)36-29(41)37-22-12-18(13-30)2-7-21(22)31/h2-7,12,14,16-17H,8-11,13,15H2,1H3,(H2,32,34,35)(H2,36,37,41). The quantitative estimate of drug-likeness (QED) is 0.257. The number of anilines is 3. The maximum atomic E-state index is 14.1. The number of hydrogen-bond acceptors (Lipinski definition) is 8. The maximum absolute atomic E-state index is 14.1. The summed E-state index contributed by atoms with van der Waals surface area (Å²) < 4.78 is 34.7. The van der Waals surface area contributed by atoms with Gasteiger partial charge in [0.15, 0.2) is 18.0 Å². The Balaban J connectivity index is 1.34. The zero-order valence-corrected chi connectivity index (χ0v) is 22.8. The van der Waals surface area contributed by atoms with E-state index in [1.807, 2.05) is 16.6 Å². The van der Waals surface area contributed by atoms with Gasteiger partial charge in [-0.1, -0.05) is 18.2 Å². The fourth-order valence-electron chi connectivity index (χ4n) is 5.18. The van der Waals surface area contributed by atoms with Gasteiger partial charge >= 0.3 is 6.03 Å². The molecular weight excluding hydrogens is 544 g/mol. The number of nitrogens with two attached hydrogens (primary N) is 1. The molecule has 4 heterocycles. The van der Waals surface area contributed by atoms with Crippen molar-refractivity contribution in [1.82, 2.24) is 29.4 Å². The molecule has 0 spiro atoms. The molecule has 11 nitrogen and oxygen atoms in total. The molecule has 5 aromatic rings. The molecular formula is C29H29F2N9O2. The van der Waals surface area contributed by atoms with E-state index in [4.69, 9.17) is 10.2 Å². The van der Waals surface area contributed by atoms with Gasteiger partial charge in [-0.25, -0.2) is 28.1 Å². The van der Waals surface area contributed by atoms with Crippen LogP contribution in [-0.2, 0) is 13.2 Å². The van der Waals surface area contributed by atoms with Crippen LogP contribution in [0.5, 0.6) is 0 Å². The highest BCUT2D eigenvalue weighted by atomic mass is 19.1. The average molecular weight is 574 g/mol. The molecule has 0 bridgehead atoms. The number of benzene rings is 2. The van der Waals surface area contributed by atoms with Crippen LogP contribution in [-0.4, -0.2) is 68.6 Å². The zero-order valence-electron chi connectivity index (χ0n) is 22.8. The van der Waals surface area contributed by atoms with E-state index in [0.717, 1.165) is 54.6 Å². The SMILES string of the molecule is CN1CCN(Cc2c(-c3cnco3)c(-c3ccc(NC(=O)Nc4cc(CF)ccc4F)cc3)c3c(N)ncnn23)CC1. The number of fused-ring (bicyclic) bond motifs is 1. The third kappa shape index (κ3) is 5.39. The number of nitrogens with zero attached hydrogens (tertiary/aromatic N) is 6. The Hall–Kier alpha value is -4.88. The van der Waals surface area contributed by atoms with E-state index in [9.17, 15) is 13.6 Å². The smallest absolute Gasteiger partial charge is 0.323 e. The van der Waals surface area contributed by atoms with Gasteiger partial charge in [0.2, 0.25) is 0 Å². The molecule has 1 fully saturated rings. The topological polar surface area (TPSA) is 130 Å². The number of rotatable bonds is 7. The second kappa shape index (κ2) is 11.5. The molecule has 42 heavy (non-hydrogen) atoms. The number of carbonyl (C=O) groups excluding carboxylic acids is 1. The lowest BCUT2D eigenvalue weighted by Gasteiger charge is -2.32. The van der Waals surface area contributed by atoms with Crippen LogP contribution in [0, 0.1) is 5.82 Å². The lowest BCUT2D eigenvalue weighted by Crippen LogP contribution is -2.44. The molecule has 0 atom stereocenters. The van der Waals surface area contributed by atoms with Crippen molar-refractivity contribution in [2.24, 2.45) is 0 Å². The fourth-order valence-corrected chi connectivity index (χ4v) is 5.18. The first-order valence-electron chi connectivity index (χ1n) is 13.4. The zero-order chi connectivity index (χ0) is 29.2. The second-order valence-electron chi connectivity index (χ2n) is 10.2. The Morgan fingerprint density at radius 1 is 1.07 bits per heavy atom. The number of nitrogen functional groups attached to an aromatic ring is 1. The number of aromatic nitrogens is 4. The van der Waals surface area contributed by atoms with Crippen LogP contribution in [0.4, 0.5) is 30.8 Å². The summed E-state index contributed by atoms with van der Waals surface area (Å²) in [6, 6.07) is 10.1. The van der Waals surface area contributed by atoms with Crippen LogP contribution in [0.25, 0.3) is 28.0 Å². The predicted molar refractivity (Wildman–Crippen MR) is 155 cm³/mol. The van der Waals surface area contributed by atoms with Gasteiger partial charge in [-0.05, 0) is 42.4 Å². The molecule has 0 unspecified atom stereocenters. The number of hydrogen-bond donors (Lipinski definition) is 3. The lowest BCUT2D eigenvalue weighted by molar-refractivity contribution is 0.146. The van der Waals surface area contributed by atoms with Gasteiger partial charge in [-0.2, -0.15) is 5.10 Å². The van der Waals surface area contributed by atoms with E-state index in [0.29, 0.717) is 29.3 Å². The predicted octanol–water partition coefficient (Wildman–Crippen LogP) is 4.63. The van der Waals surface area contributed by atoms with E-state index in [-0.39, 0.29) is 11.3 Å². The van der Waals surface area contributed by atoms with Crippen molar-refractivity contribution in [3.8, 4) is 22.5 Å². The fraction of sp³-hybridized carbons (Fsp3) is 0.241. The lowest BCUT2D eigenvalue weighted by atomic mass is 9.99. The van der Waals surface area contributed by atoms with Crippen molar-refractivity contribution < 1.29 is 18.0 Å². The number of nitrogens with one attached hydrogen (secondary N) is 2. The van der Waals surface area contributed by atoms with Gasteiger partial charge in [0.05, 0.1) is 23.1 Å². The minimum atomic E-state index is -0.768. The summed E-state index contributed by atoms with van der Waals surface area (Å²) in [6.07, 6.45) is 4.47. The van der Waals surface area contributed by atoms with E-state index < -0.39 is 18.5 Å². The number of halogens is 2. The van der Waals surface area contributed by atoms with Gasteiger partial charge < -0.3 is 25.7 Å². The number of alkyl halides is 1. The maximum Gasteiger partial charge on any atom is 0.323 e. The van der Waals surface area contributed by atoms with Crippen molar-refractivity contribution in [2.45, 2.75) is 13.2 Å². The first-order valence-corrected chi connectivity index (χ1v) is 13.4. The highest BCUT2D eigenvalue weighted by Gasteiger charge is 2.28. The molecule has 6 rings (SSSR count). The van der Waals surface area contributed by atoms with Gasteiger partial charge in [-0.15, -0.1) is 0 Å². The van der Waals surface area contributed by atoms with Crippen LogP contribution < -0.4 is 16.4 Å². The van der Waals surface area contributed by atoms with Gasteiger partial charge in [0, 0.05) is 44.0 Å². The van der Waals surface area contributed by atoms with Crippen molar-refractivity contribution in [1.29, 1.82) is 0 Å². The minimum Gasteiger partial charge on any atom is -0.443 e. The number of carbonyl (C=O) groups is 1. The molecule has 13 heteroatoms. The molecule has 0 radical (unpaired) electrons. The normalized spacial score (nSPS) is 14.4. The highest BCUT2D eigenvalue weighted by Crippen LogP contribution is 2.42. The first-order chi connectivity index (χ1) is 20.4. The summed E-state index contributed by atoms with van der Waals surface area (Å²) in [6.45, 7) is 3.57. The Kier molecular flexibility index (Phi) is 7.50. The number of urea groups is 1. The molecule has 0 aliphatic carbocycles. The summed E-state index contributed by atoms with van der Waals surface area (Å²) >= 11 is 0. The van der Waals surface area contributed by atoms with E-state index in [2.05, 4.69) is 42.5 Å². The number of piperazine rings is 1. The van der Waals surface area contributed by atoms with E-state index in [1.54, 1.807) is 18.3 Å². The molecule has 1 saturated heterocycles. The Labute approximate surface area is 240 Å². The largest absolute Gasteiger partial charge is 0.443 e. The number of likely N-dealkylation sites (N-methyl/N-ethyl adjacent to an activating group) is 1. The minimum absolute atomic E-state index is 0.111. The van der Waals surface area contributed by atoms with E-state index in [1.165, 1.54) is 24.9 Å². The molecule has 2 aromatic carbocycles. The molecule has 1 aliphatic rings. The summed E-state index contributed by atoms with van der Waals surface area (Å²) in [5.74, 6) is 0.216. The number of amides is 2. The van der Waals surface area contributed by atoms with Crippen LogP contribution in [0.1, 0.15) is 11.3 Å². The summed E-state index contributed by atoms with van der Waals surface area (Å²) in [5, 5.41) is 9.67. The van der Waals surface area contributed by atoms with Crippen LogP contribution >= 0.6 is 0 Å². The Bertz CT molecular complexity index is 1710. The van der Waals surface area contributed by atoms with Crippen LogP contribution in [0.3, 0.4) is 0 Å². The molecule has 4 N–H and O–H groups in total. The second-order valence-corrected chi connectivity index (χ2v) is 10.2. The van der Waals surface area contributed by atoms with Crippen molar-refractivity contribution in [3.63, 3.8) is 0 Å². The third-order valence-electron chi connectivity index (χ3n) is 7.36. The van der Waals surface area contributed by atoms with Crippen molar-refractivity contribution in [2.75, 3.05) is 49.6 Å². The van der Waals surface area contributed by atoms with Crippen LogP contribution in [0.2, 0.25) is 0 Å². The highest BCUT2D eigenvalue weighted by molar-refractivity contribution is 6.01. The average Bonchev–Trinajstić information content (AvgIpc) is 3.63. The third-order valence-corrected chi connectivity index (χ3v) is 7.36. The van der Waals surface area contributed by atoms with E-state index >= 15 is 0 Å². The van der Waals surface area contributed by atoms with Gasteiger partial charge in [-0.3, -0.25) is 4.90 Å². The molecule has 3 aromatic heterocycles. The van der Waals surface area contributed by atoms with Crippen LogP contribution in [0.15, 0.2) is 65.8 Å². The summed E-state index contributed by atoms with van der Waals surface area (Å²) in [7, 11) is 2.11.